The molecule has 110 valence electrons. The lowest BCUT2D eigenvalue weighted by molar-refractivity contribution is -0.119. The zero-order valence-electron chi connectivity index (χ0n) is 12.5. The summed E-state index contributed by atoms with van der Waals surface area (Å²) in [6.07, 6.45) is 0. The maximum absolute atomic E-state index is 12.5. The second kappa shape index (κ2) is 6.41. The normalized spacial score (nSPS) is 11.8. The fourth-order valence-corrected chi connectivity index (χ4v) is 2.06. The Morgan fingerprint density at radius 2 is 1.67 bits per heavy atom. The van der Waals surface area contributed by atoms with E-state index < -0.39 is 6.04 Å². The molecule has 0 aliphatic rings. The van der Waals surface area contributed by atoms with E-state index in [4.69, 9.17) is 10.5 Å². The van der Waals surface area contributed by atoms with Gasteiger partial charge in [-0.15, -0.1) is 0 Å². The molecule has 0 bridgehead atoms. The Balaban J connectivity index is 2.15. The first kappa shape index (κ1) is 15.1. The van der Waals surface area contributed by atoms with Crippen LogP contribution in [0.25, 0.3) is 0 Å². The number of aryl methyl sites for hydroxylation is 1. The number of amides is 1. The summed E-state index contributed by atoms with van der Waals surface area (Å²) in [6, 6.07) is 14.3. The van der Waals surface area contributed by atoms with Crippen LogP contribution in [0.5, 0.6) is 5.75 Å². The Morgan fingerprint density at radius 1 is 1.10 bits per heavy atom. The van der Waals surface area contributed by atoms with Crippen molar-refractivity contribution in [3.63, 3.8) is 0 Å². The Labute approximate surface area is 125 Å². The summed E-state index contributed by atoms with van der Waals surface area (Å²) < 4.78 is 5.11. The van der Waals surface area contributed by atoms with Crippen molar-refractivity contribution in [1.29, 1.82) is 0 Å². The first-order valence-corrected chi connectivity index (χ1v) is 6.76. The maximum Gasteiger partial charge on any atom is 0.248 e. The standard InChI is InChI=1S/C17H20N2O2/c1-12-4-6-13(7-5-12)16(18)17(20)19(2)14-8-10-15(21-3)11-9-14/h4-11,16H,18H2,1-3H3. The van der Waals surface area contributed by atoms with Crippen LogP contribution in [-0.4, -0.2) is 20.1 Å². The molecule has 0 heterocycles. The van der Waals surface area contributed by atoms with Gasteiger partial charge in [-0.2, -0.15) is 0 Å². The van der Waals surface area contributed by atoms with E-state index in [2.05, 4.69) is 0 Å². The van der Waals surface area contributed by atoms with E-state index in [0.717, 1.165) is 22.6 Å². The number of benzene rings is 2. The monoisotopic (exact) mass is 284 g/mol. The minimum atomic E-state index is -0.669. The van der Waals surface area contributed by atoms with Gasteiger partial charge in [0.2, 0.25) is 5.91 Å². The van der Waals surface area contributed by atoms with Crippen LogP contribution in [-0.2, 0) is 4.79 Å². The molecule has 2 aromatic carbocycles. The number of anilines is 1. The SMILES string of the molecule is COc1ccc(N(C)C(=O)C(N)c2ccc(C)cc2)cc1. The van der Waals surface area contributed by atoms with Crippen LogP contribution in [0.3, 0.4) is 0 Å². The summed E-state index contributed by atoms with van der Waals surface area (Å²) in [7, 11) is 3.33. The largest absolute Gasteiger partial charge is 0.497 e. The molecular formula is C17H20N2O2. The molecule has 0 aliphatic carbocycles. The third-order valence-corrected chi connectivity index (χ3v) is 3.49. The Morgan fingerprint density at radius 3 is 2.19 bits per heavy atom. The first-order chi connectivity index (χ1) is 10.0. The molecule has 2 N–H and O–H groups in total. The van der Waals surface area contributed by atoms with E-state index in [1.807, 2.05) is 55.5 Å². The first-order valence-electron chi connectivity index (χ1n) is 6.76. The number of hydrogen-bond acceptors (Lipinski definition) is 3. The van der Waals surface area contributed by atoms with Crippen LogP contribution in [0.4, 0.5) is 5.69 Å². The van der Waals surface area contributed by atoms with Gasteiger partial charge in [0.05, 0.1) is 7.11 Å². The van der Waals surface area contributed by atoms with Gasteiger partial charge in [0.1, 0.15) is 11.8 Å². The molecule has 21 heavy (non-hydrogen) atoms. The lowest BCUT2D eigenvalue weighted by atomic mass is 10.0. The molecular weight excluding hydrogens is 264 g/mol. The highest BCUT2D eigenvalue weighted by molar-refractivity contribution is 5.97. The lowest BCUT2D eigenvalue weighted by Gasteiger charge is -2.22. The van der Waals surface area contributed by atoms with Gasteiger partial charge < -0.3 is 15.4 Å². The molecule has 0 saturated carbocycles. The summed E-state index contributed by atoms with van der Waals surface area (Å²) in [5, 5.41) is 0. The fourth-order valence-electron chi connectivity index (χ4n) is 2.06. The number of methoxy groups -OCH3 is 1. The fraction of sp³-hybridized carbons (Fsp3) is 0.235. The number of carbonyl (C=O) groups excluding carboxylic acids is 1. The van der Waals surface area contributed by atoms with Crippen LogP contribution < -0.4 is 15.4 Å². The highest BCUT2D eigenvalue weighted by atomic mass is 16.5. The van der Waals surface area contributed by atoms with E-state index in [-0.39, 0.29) is 5.91 Å². The molecule has 0 aromatic heterocycles. The van der Waals surface area contributed by atoms with Gasteiger partial charge in [0, 0.05) is 12.7 Å². The van der Waals surface area contributed by atoms with Crippen LogP contribution in [0, 0.1) is 6.92 Å². The van der Waals surface area contributed by atoms with Crippen LogP contribution >= 0.6 is 0 Å². The van der Waals surface area contributed by atoms with Crippen LogP contribution in [0.1, 0.15) is 17.2 Å². The average Bonchev–Trinajstić information content (AvgIpc) is 2.53. The highest BCUT2D eigenvalue weighted by Gasteiger charge is 2.20. The summed E-state index contributed by atoms with van der Waals surface area (Å²) in [4.78, 5) is 14.0. The topological polar surface area (TPSA) is 55.6 Å². The van der Waals surface area contributed by atoms with Crippen molar-refractivity contribution in [1.82, 2.24) is 0 Å². The van der Waals surface area contributed by atoms with E-state index >= 15 is 0 Å². The van der Waals surface area contributed by atoms with Gasteiger partial charge >= 0.3 is 0 Å². The Hall–Kier alpha value is -2.33. The quantitative estimate of drug-likeness (QED) is 0.939. The molecule has 4 heteroatoms. The number of ether oxygens (including phenoxy) is 1. The lowest BCUT2D eigenvalue weighted by Crippen LogP contribution is -2.35. The maximum atomic E-state index is 12.5. The number of hydrogen-bond donors (Lipinski definition) is 1. The molecule has 0 saturated heterocycles. The Kier molecular flexibility index (Phi) is 4.60. The molecule has 0 spiro atoms. The molecule has 2 rings (SSSR count). The van der Waals surface area contributed by atoms with Crippen LogP contribution in [0.15, 0.2) is 48.5 Å². The van der Waals surface area contributed by atoms with Gasteiger partial charge in [-0.3, -0.25) is 4.79 Å². The molecule has 2 aromatic rings. The summed E-state index contributed by atoms with van der Waals surface area (Å²) in [5.41, 5.74) is 8.80. The predicted molar refractivity (Wildman–Crippen MR) is 84.5 cm³/mol. The van der Waals surface area contributed by atoms with Crippen molar-refractivity contribution in [3.05, 3.63) is 59.7 Å². The number of nitrogens with two attached hydrogens (primary N) is 1. The third-order valence-electron chi connectivity index (χ3n) is 3.49. The Bertz CT molecular complexity index is 606. The second-order valence-electron chi connectivity index (χ2n) is 4.98. The summed E-state index contributed by atoms with van der Waals surface area (Å²) in [6.45, 7) is 2.00. The van der Waals surface area contributed by atoms with E-state index in [1.54, 1.807) is 19.1 Å². The van der Waals surface area contributed by atoms with E-state index in [9.17, 15) is 4.79 Å². The number of likely N-dealkylation sites (N-methyl/N-ethyl adjacent to an activating group) is 1. The molecule has 1 unspecified atom stereocenters. The van der Waals surface area contributed by atoms with Crippen molar-refractivity contribution >= 4 is 11.6 Å². The molecule has 1 atom stereocenters. The highest BCUT2D eigenvalue weighted by Crippen LogP contribution is 2.21. The number of rotatable bonds is 4. The van der Waals surface area contributed by atoms with Gasteiger partial charge in [-0.1, -0.05) is 29.8 Å². The summed E-state index contributed by atoms with van der Waals surface area (Å²) >= 11 is 0. The number of nitrogens with zero attached hydrogens (tertiary/aromatic N) is 1. The summed E-state index contributed by atoms with van der Waals surface area (Å²) in [5.74, 6) is 0.603. The molecule has 0 aliphatic heterocycles. The van der Waals surface area contributed by atoms with Crippen LogP contribution in [0.2, 0.25) is 0 Å². The van der Waals surface area contributed by atoms with Crippen molar-refractivity contribution < 1.29 is 9.53 Å². The van der Waals surface area contributed by atoms with Gasteiger partial charge in [0.25, 0.3) is 0 Å². The molecule has 4 nitrogen and oxygen atoms in total. The average molecular weight is 284 g/mol. The number of carbonyl (C=O) groups is 1. The van der Waals surface area contributed by atoms with Gasteiger partial charge in [-0.25, -0.2) is 0 Å². The van der Waals surface area contributed by atoms with Crippen molar-refractivity contribution in [3.8, 4) is 5.75 Å². The van der Waals surface area contributed by atoms with Crippen molar-refractivity contribution in [2.24, 2.45) is 5.73 Å². The molecule has 0 fully saturated rings. The van der Waals surface area contributed by atoms with E-state index in [1.165, 1.54) is 0 Å². The second-order valence-corrected chi connectivity index (χ2v) is 4.98. The third kappa shape index (κ3) is 3.41. The minimum Gasteiger partial charge on any atom is -0.497 e. The van der Waals surface area contributed by atoms with Gasteiger partial charge in [0.15, 0.2) is 0 Å². The van der Waals surface area contributed by atoms with Crippen molar-refractivity contribution in [2.75, 3.05) is 19.1 Å². The van der Waals surface area contributed by atoms with Crippen molar-refractivity contribution in [2.45, 2.75) is 13.0 Å². The van der Waals surface area contributed by atoms with Gasteiger partial charge in [-0.05, 0) is 36.8 Å². The molecule has 1 amide bonds. The van der Waals surface area contributed by atoms with E-state index in [0.29, 0.717) is 0 Å². The minimum absolute atomic E-state index is 0.149. The zero-order chi connectivity index (χ0) is 15.4. The smallest absolute Gasteiger partial charge is 0.248 e. The molecule has 0 radical (unpaired) electrons. The zero-order valence-corrected chi connectivity index (χ0v) is 12.5. The predicted octanol–water partition coefficient (Wildman–Crippen LogP) is 2.67.